The molecule has 2 fully saturated rings. The van der Waals surface area contributed by atoms with Crippen LogP contribution in [0.3, 0.4) is 0 Å². The number of anilines is 1. The topological polar surface area (TPSA) is 221 Å². The van der Waals surface area contributed by atoms with Gasteiger partial charge < -0.3 is 39.9 Å². The molecule has 2 saturated heterocycles. The zero-order valence-electron chi connectivity index (χ0n) is 26.3. The number of hydrogen-bond acceptors (Lipinski definition) is 12. The van der Waals surface area contributed by atoms with Gasteiger partial charge in [0.2, 0.25) is 10.0 Å². The Balaban J connectivity index is 0.000000376. The lowest BCUT2D eigenvalue weighted by atomic mass is 9.96. The molecule has 1 aromatic rings. The minimum Gasteiger partial charge on any atom is -0.492 e. The summed E-state index contributed by atoms with van der Waals surface area (Å²) in [6.07, 6.45) is -1.38. The van der Waals surface area contributed by atoms with Crippen LogP contribution in [0.2, 0.25) is 0 Å². The maximum absolute atomic E-state index is 13.4. The maximum atomic E-state index is 13.4. The summed E-state index contributed by atoms with van der Waals surface area (Å²) >= 11 is 0. The molecule has 18 heteroatoms. The number of carboxylic acids is 3. The van der Waals surface area contributed by atoms with E-state index in [4.69, 9.17) is 25.2 Å². The van der Waals surface area contributed by atoms with Crippen LogP contribution >= 0.6 is 0 Å². The maximum Gasteiger partial charge on any atom is 0.336 e. The third kappa shape index (κ3) is 8.42. The summed E-state index contributed by atoms with van der Waals surface area (Å²) in [6.45, 7) is 8.51. The summed E-state index contributed by atoms with van der Waals surface area (Å²) in [5.74, 6) is -4.03. The van der Waals surface area contributed by atoms with Crippen LogP contribution in [0.5, 0.6) is 5.75 Å². The summed E-state index contributed by atoms with van der Waals surface area (Å²) in [5, 5.41) is 39.7. The number of amides is 1. The van der Waals surface area contributed by atoms with Gasteiger partial charge in [0, 0.05) is 46.3 Å². The van der Waals surface area contributed by atoms with Crippen LogP contribution in [0, 0.1) is 5.92 Å². The van der Waals surface area contributed by atoms with Crippen LogP contribution in [0.1, 0.15) is 33.1 Å². The molecule has 1 amide bonds. The van der Waals surface area contributed by atoms with Gasteiger partial charge in [0.15, 0.2) is 5.60 Å². The first-order valence-electron chi connectivity index (χ1n) is 14.7. The van der Waals surface area contributed by atoms with E-state index in [-0.39, 0.29) is 16.7 Å². The lowest BCUT2D eigenvalue weighted by Gasteiger charge is -2.40. The monoisotopic (exact) mass is 670 g/mol. The second kappa shape index (κ2) is 15.1. The number of aliphatic carboxylic acids is 3. The Labute approximate surface area is 267 Å². The van der Waals surface area contributed by atoms with E-state index >= 15 is 0 Å². The van der Waals surface area contributed by atoms with E-state index in [1.165, 1.54) is 5.01 Å². The van der Waals surface area contributed by atoms with Crippen LogP contribution in [-0.4, -0.2) is 150 Å². The Morgan fingerprint density at radius 1 is 1.02 bits per heavy atom. The number of hydrogen-bond donors (Lipinski definition) is 4. The first-order valence-corrected chi connectivity index (χ1v) is 16.2. The van der Waals surface area contributed by atoms with Gasteiger partial charge >= 0.3 is 17.9 Å². The van der Waals surface area contributed by atoms with E-state index in [1.807, 2.05) is 18.9 Å². The molecule has 4 rings (SSSR count). The molecule has 0 radical (unpaired) electrons. The SMILES string of the molecule is CCCN1CN(c2cc(S(=O)(=O)N3CCN(C)CC3)ccc2OCC)CC2C(=O)N(C)N=C21.O=C(O)CC(O)(CC(=O)O)C(=O)O. The zero-order chi connectivity index (χ0) is 34.4. The van der Waals surface area contributed by atoms with Crippen LogP contribution < -0.4 is 9.64 Å². The number of benzene rings is 1. The summed E-state index contributed by atoms with van der Waals surface area (Å²) in [7, 11) is 0.0471. The standard InChI is InChI=1S/C22H34N6O4S.C6H8O7/c1-5-9-26-16-27(15-18-21(26)23-25(4)22(18)29)19-14-17(7-8-20(19)32-6-2)33(30,31)28-12-10-24(3)11-13-28;7-3(8)1-6(13,5(11)12)2-4(9)10/h7-8,14,18H,5-6,9-13,15-16H2,1-4H3;13H,1-2H2,(H,7,8)(H,9,10)(H,11,12). The fourth-order valence-electron chi connectivity index (χ4n) is 5.31. The number of carboxylic acid groups (broad SMARTS) is 3. The van der Waals surface area contributed by atoms with Gasteiger partial charge in [-0.25, -0.2) is 18.2 Å². The van der Waals surface area contributed by atoms with Gasteiger partial charge in [-0.3, -0.25) is 14.4 Å². The number of aliphatic hydroxyl groups is 1. The highest BCUT2D eigenvalue weighted by atomic mass is 32.2. The van der Waals surface area contributed by atoms with Gasteiger partial charge in [-0.2, -0.15) is 9.41 Å². The smallest absolute Gasteiger partial charge is 0.336 e. The van der Waals surface area contributed by atoms with E-state index in [2.05, 4.69) is 21.8 Å². The fourth-order valence-corrected chi connectivity index (χ4v) is 6.75. The molecule has 3 heterocycles. The number of carbonyl (C=O) groups excluding carboxylic acids is 1. The predicted octanol–water partition coefficient (Wildman–Crippen LogP) is -0.336. The number of rotatable bonds is 12. The summed E-state index contributed by atoms with van der Waals surface area (Å²) in [4.78, 5) is 49.8. The number of carbonyl (C=O) groups is 4. The number of ether oxygens (including phenoxy) is 1. The third-order valence-corrected chi connectivity index (χ3v) is 9.59. The Morgan fingerprint density at radius 2 is 1.63 bits per heavy atom. The molecule has 17 nitrogen and oxygen atoms in total. The Kier molecular flexibility index (Phi) is 11.9. The first kappa shape index (κ1) is 36.5. The molecule has 3 aliphatic heterocycles. The summed E-state index contributed by atoms with van der Waals surface area (Å²) in [5.41, 5.74) is -2.05. The number of sulfonamides is 1. The van der Waals surface area contributed by atoms with Gasteiger partial charge in [-0.15, -0.1) is 0 Å². The van der Waals surface area contributed by atoms with Crippen LogP contribution in [-0.2, 0) is 29.2 Å². The largest absolute Gasteiger partial charge is 0.492 e. The first-order chi connectivity index (χ1) is 21.5. The molecule has 0 saturated carbocycles. The summed E-state index contributed by atoms with van der Waals surface area (Å²) < 4.78 is 34.2. The molecule has 0 aliphatic carbocycles. The van der Waals surface area contributed by atoms with E-state index in [0.29, 0.717) is 57.4 Å². The van der Waals surface area contributed by atoms with Crippen molar-refractivity contribution < 1.29 is 52.8 Å². The molecule has 1 unspecified atom stereocenters. The van der Waals surface area contributed by atoms with Crippen molar-refractivity contribution in [3.63, 3.8) is 0 Å². The van der Waals surface area contributed by atoms with Crippen molar-refractivity contribution in [2.45, 2.75) is 43.6 Å². The number of amidine groups is 1. The minimum absolute atomic E-state index is 0.0463. The van der Waals surface area contributed by atoms with Crippen molar-refractivity contribution in [1.82, 2.24) is 19.1 Å². The number of nitrogens with zero attached hydrogens (tertiary/aromatic N) is 6. The molecule has 0 bridgehead atoms. The van der Waals surface area contributed by atoms with Gasteiger partial charge in [0.1, 0.15) is 17.5 Å². The van der Waals surface area contributed by atoms with Crippen molar-refractivity contribution in [2.75, 3.05) is 71.5 Å². The zero-order valence-corrected chi connectivity index (χ0v) is 27.1. The number of piperazine rings is 1. The van der Waals surface area contributed by atoms with E-state index in [1.54, 1.807) is 29.6 Å². The Bertz CT molecular complexity index is 1430. The van der Waals surface area contributed by atoms with Gasteiger partial charge in [0.25, 0.3) is 5.91 Å². The summed E-state index contributed by atoms with van der Waals surface area (Å²) in [6, 6.07) is 5.06. The Hall–Kier alpha value is -4.00. The lowest BCUT2D eigenvalue weighted by Crippen LogP contribution is -2.54. The lowest BCUT2D eigenvalue weighted by molar-refractivity contribution is -0.170. The molecule has 3 aliphatic rings. The normalized spacial score (nSPS) is 19.2. The molecular weight excluding hydrogens is 628 g/mol. The van der Waals surface area contributed by atoms with Crippen molar-refractivity contribution in [2.24, 2.45) is 11.0 Å². The highest BCUT2D eigenvalue weighted by Gasteiger charge is 2.43. The van der Waals surface area contributed by atoms with Gasteiger partial charge in [-0.1, -0.05) is 6.92 Å². The van der Waals surface area contributed by atoms with Crippen molar-refractivity contribution in [3.8, 4) is 5.75 Å². The van der Waals surface area contributed by atoms with Crippen molar-refractivity contribution >= 4 is 45.4 Å². The van der Waals surface area contributed by atoms with E-state index < -0.39 is 46.4 Å². The molecule has 256 valence electrons. The number of likely N-dealkylation sites (N-methyl/N-ethyl adjacent to an activating group) is 1. The fraction of sp³-hybridized carbons (Fsp3) is 0.607. The average molecular weight is 671 g/mol. The van der Waals surface area contributed by atoms with Crippen molar-refractivity contribution in [3.05, 3.63) is 18.2 Å². The predicted molar refractivity (Wildman–Crippen MR) is 164 cm³/mol. The second-order valence-electron chi connectivity index (χ2n) is 11.2. The molecule has 0 aromatic heterocycles. The van der Waals surface area contributed by atoms with Crippen LogP contribution in [0.15, 0.2) is 28.2 Å². The van der Waals surface area contributed by atoms with E-state index in [0.717, 1.165) is 18.8 Å². The highest BCUT2D eigenvalue weighted by Crippen LogP contribution is 2.36. The number of hydrazone groups is 1. The minimum atomic E-state index is -3.63. The highest BCUT2D eigenvalue weighted by molar-refractivity contribution is 7.89. The quantitative estimate of drug-likeness (QED) is 0.224. The molecule has 46 heavy (non-hydrogen) atoms. The molecule has 4 N–H and O–H groups in total. The Morgan fingerprint density at radius 3 is 2.15 bits per heavy atom. The van der Waals surface area contributed by atoms with Gasteiger partial charge in [0.05, 0.1) is 36.7 Å². The van der Waals surface area contributed by atoms with Crippen LogP contribution in [0.4, 0.5) is 5.69 Å². The molecule has 1 atom stereocenters. The number of fused-ring (bicyclic) bond motifs is 1. The third-order valence-electron chi connectivity index (χ3n) is 7.70. The average Bonchev–Trinajstić information content (AvgIpc) is 3.26. The van der Waals surface area contributed by atoms with Gasteiger partial charge in [-0.05, 0) is 38.6 Å². The molecular formula is C28H42N6O11S. The molecule has 0 spiro atoms. The van der Waals surface area contributed by atoms with Crippen molar-refractivity contribution in [1.29, 1.82) is 0 Å². The second-order valence-corrected chi connectivity index (χ2v) is 13.2. The van der Waals surface area contributed by atoms with E-state index in [9.17, 15) is 27.6 Å². The molecule has 1 aromatic carbocycles. The van der Waals surface area contributed by atoms with Crippen LogP contribution in [0.25, 0.3) is 0 Å².